The zero-order chi connectivity index (χ0) is 18.0. The molecule has 0 saturated carbocycles. The van der Waals surface area contributed by atoms with Gasteiger partial charge in [0.2, 0.25) is 0 Å². The molecule has 3 rings (SSSR count). The minimum atomic E-state index is -0.714. The summed E-state index contributed by atoms with van der Waals surface area (Å²) in [5.41, 5.74) is 2.63. The van der Waals surface area contributed by atoms with E-state index in [2.05, 4.69) is 10.1 Å². The van der Waals surface area contributed by atoms with Crippen LogP contribution in [-0.2, 0) is 20.7 Å². The number of anilines is 2. The fourth-order valence-corrected chi connectivity index (χ4v) is 2.98. The van der Waals surface area contributed by atoms with Gasteiger partial charge >= 0.3 is 17.8 Å². The minimum Gasteiger partial charge on any atom is -0.465 e. The third kappa shape index (κ3) is 3.24. The highest BCUT2D eigenvalue weighted by Crippen LogP contribution is 2.31. The smallest absolute Gasteiger partial charge is 0.337 e. The number of rotatable bonds is 2. The number of ether oxygens (including phenoxy) is 1. The zero-order valence-corrected chi connectivity index (χ0v) is 14.0. The van der Waals surface area contributed by atoms with Crippen molar-refractivity contribution in [2.75, 3.05) is 17.3 Å². The number of esters is 1. The molecule has 0 aliphatic carbocycles. The minimum absolute atomic E-state index is 0.0719. The summed E-state index contributed by atoms with van der Waals surface area (Å²) in [7, 11) is 1.30. The van der Waals surface area contributed by atoms with E-state index < -0.39 is 17.8 Å². The van der Waals surface area contributed by atoms with Crippen LogP contribution in [-0.4, -0.2) is 30.9 Å². The summed E-state index contributed by atoms with van der Waals surface area (Å²) in [4.78, 5) is 37.9. The molecule has 1 aliphatic rings. The molecule has 0 aromatic heterocycles. The summed E-state index contributed by atoms with van der Waals surface area (Å²) in [5.74, 6) is -1.78. The van der Waals surface area contributed by atoms with Gasteiger partial charge in [-0.2, -0.15) is 0 Å². The molecule has 2 aromatic carbocycles. The summed E-state index contributed by atoms with van der Waals surface area (Å²) in [5, 5.41) is 2.57. The first-order valence-corrected chi connectivity index (χ1v) is 7.92. The van der Waals surface area contributed by atoms with E-state index in [0.29, 0.717) is 11.3 Å². The number of fused-ring (bicyclic) bond motifs is 1. The fourth-order valence-electron chi connectivity index (χ4n) is 2.98. The average Bonchev–Trinajstić information content (AvgIpc) is 2.96. The van der Waals surface area contributed by atoms with Gasteiger partial charge in [0.15, 0.2) is 0 Å². The molecule has 2 amide bonds. The van der Waals surface area contributed by atoms with E-state index in [9.17, 15) is 14.4 Å². The van der Waals surface area contributed by atoms with Crippen LogP contribution in [0.5, 0.6) is 0 Å². The molecule has 0 spiro atoms. The van der Waals surface area contributed by atoms with Gasteiger partial charge in [0.1, 0.15) is 0 Å². The first kappa shape index (κ1) is 16.7. The molecular formula is C19H18N2O4. The highest BCUT2D eigenvalue weighted by Gasteiger charge is 2.34. The number of benzene rings is 2. The summed E-state index contributed by atoms with van der Waals surface area (Å²) in [6, 6.07) is 13.7. The maximum atomic E-state index is 12.6. The molecule has 2 aromatic rings. The standard InChI is InChI=1S/C19H18N2O4/c1-12-11-14-5-3-4-6-16(14)21(12)18(23)17(22)20-15-9-7-13(8-10-15)19(24)25-2/h3-10,12H,11H2,1-2H3,(H,20,22). The van der Waals surface area contributed by atoms with Crippen LogP contribution >= 0.6 is 0 Å². The Morgan fingerprint density at radius 3 is 2.44 bits per heavy atom. The van der Waals surface area contributed by atoms with Gasteiger partial charge in [-0.25, -0.2) is 4.79 Å². The lowest BCUT2D eigenvalue weighted by atomic mass is 10.1. The molecule has 6 heteroatoms. The zero-order valence-electron chi connectivity index (χ0n) is 14.0. The molecule has 6 nitrogen and oxygen atoms in total. The molecule has 0 fully saturated rings. The Morgan fingerprint density at radius 2 is 1.76 bits per heavy atom. The number of hydrogen-bond acceptors (Lipinski definition) is 4. The van der Waals surface area contributed by atoms with Crippen molar-refractivity contribution < 1.29 is 19.1 Å². The number of para-hydroxylation sites is 1. The molecule has 1 atom stereocenters. The maximum absolute atomic E-state index is 12.6. The van der Waals surface area contributed by atoms with Crippen LogP contribution in [0.15, 0.2) is 48.5 Å². The molecule has 1 heterocycles. The second-order valence-corrected chi connectivity index (χ2v) is 5.88. The molecule has 25 heavy (non-hydrogen) atoms. The predicted molar refractivity (Wildman–Crippen MR) is 93.5 cm³/mol. The predicted octanol–water partition coefficient (Wildman–Crippen LogP) is 2.39. The Labute approximate surface area is 145 Å². The van der Waals surface area contributed by atoms with Crippen molar-refractivity contribution in [1.29, 1.82) is 0 Å². The van der Waals surface area contributed by atoms with Crippen molar-refractivity contribution in [3.8, 4) is 0 Å². The lowest BCUT2D eigenvalue weighted by Crippen LogP contribution is -2.43. The second-order valence-electron chi connectivity index (χ2n) is 5.88. The maximum Gasteiger partial charge on any atom is 0.337 e. The number of carbonyl (C=O) groups excluding carboxylic acids is 3. The largest absolute Gasteiger partial charge is 0.465 e. The Balaban J connectivity index is 1.73. The molecule has 1 N–H and O–H groups in total. The van der Waals surface area contributed by atoms with Gasteiger partial charge in [-0.3, -0.25) is 9.59 Å². The molecule has 1 aliphatic heterocycles. The number of methoxy groups -OCH3 is 1. The Bertz CT molecular complexity index is 830. The average molecular weight is 338 g/mol. The van der Waals surface area contributed by atoms with E-state index in [1.165, 1.54) is 24.1 Å². The fraction of sp³-hybridized carbons (Fsp3) is 0.211. The normalized spacial score (nSPS) is 15.4. The molecule has 0 bridgehead atoms. The van der Waals surface area contributed by atoms with Crippen molar-refractivity contribution in [2.24, 2.45) is 0 Å². The van der Waals surface area contributed by atoms with Crippen molar-refractivity contribution in [2.45, 2.75) is 19.4 Å². The monoisotopic (exact) mass is 338 g/mol. The molecule has 1 unspecified atom stereocenters. The number of carbonyl (C=O) groups is 3. The van der Waals surface area contributed by atoms with Gasteiger partial charge in [0, 0.05) is 17.4 Å². The summed E-state index contributed by atoms with van der Waals surface area (Å²) in [6.45, 7) is 1.91. The number of nitrogens with zero attached hydrogens (tertiary/aromatic N) is 1. The van der Waals surface area contributed by atoms with Gasteiger partial charge in [0.25, 0.3) is 0 Å². The SMILES string of the molecule is COC(=O)c1ccc(NC(=O)C(=O)N2c3ccccc3CC2C)cc1. The first-order valence-electron chi connectivity index (χ1n) is 7.92. The van der Waals surface area contributed by atoms with Gasteiger partial charge in [-0.05, 0) is 49.2 Å². The van der Waals surface area contributed by atoms with E-state index >= 15 is 0 Å². The third-order valence-electron chi connectivity index (χ3n) is 4.18. The quantitative estimate of drug-likeness (QED) is 0.674. The molecular weight excluding hydrogens is 320 g/mol. The van der Waals surface area contributed by atoms with Crippen LogP contribution in [0.3, 0.4) is 0 Å². The van der Waals surface area contributed by atoms with Crippen LogP contribution in [0.25, 0.3) is 0 Å². The third-order valence-corrected chi connectivity index (χ3v) is 4.18. The summed E-state index contributed by atoms with van der Waals surface area (Å²) in [6.07, 6.45) is 0.725. The van der Waals surface area contributed by atoms with Crippen molar-refractivity contribution in [3.63, 3.8) is 0 Å². The molecule has 0 saturated heterocycles. The molecule has 128 valence electrons. The Morgan fingerprint density at radius 1 is 1.08 bits per heavy atom. The van der Waals surface area contributed by atoms with E-state index in [1.54, 1.807) is 12.1 Å². The summed E-state index contributed by atoms with van der Waals surface area (Å²) >= 11 is 0. The van der Waals surface area contributed by atoms with Crippen LogP contribution in [0.1, 0.15) is 22.8 Å². The lowest BCUT2D eigenvalue weighted by molar-refractivity contribution is -0.134. The number of hydrogen-bond donors (Lipinski definition) is 1. The van der Waals surface area contributed by atoms with E-state index in [4.69, 9.17) is 0 Å². The Hall–Kier alpha value is -3.15. The first-order chi connectivity index (χ1) is 12.0. The van der Waals surface area contributed by atoms with Gasteiger partial charge < -0.3 is 15.0 Å². The van der Waals surface area contributed by atoms with Crippen molar-refractivity contribution in [1.82, 2.24) is 0 Å². The van der Waals surface area contributed by atoms with E-state index in [1.807, 2.05) is 31.2 Å². The van der Waals surface area contributed by atoms with Crippen molar-refractivity contribution in [3.05, 3.63) is 59.7 Å². The van der Waals surface area contributed by atoms with Crippen LogP contribution < -0.4 is 10.2 Å². The Kier molecular flexibility index (Phi) is 4.52. The van der Waals surface area contributed by atoms with Gasteiger partial charge in [0.05, 0.1) is 12.7 Å². The van der Waals surface area contributed by atoms with Crippen molar-refractivity contribution >= 4 is 29.2 Å². The van der Waals surface area contributed by atoms with Crippen LogP contribution in [0.4, 0.5) is 11.4 Å². The number of amides is 2. The van der Waals surface area contributed by atoms with Crippen LogP contribution in [0.2, 0.25) is 0 Å². The summed E-state index contributed by atoms with van der Waals surface area (Å²) < 4.78 is 4.62. The van der Waals surface area contributed by atoms with Crippen LogP contribution in [0, 0.1) is 0 Å². The topological polar surface area (TPSA) is 75.7 Å². The second kappa shape index (κ2) is 6.76. The van der Waals surface area contributed by atoms with Gasteiger partial charge in [-0.1, -0.05) is 18.2 Å². The van der Waals surface area contributed by atoms with E-state index in [0.717, 1.165) is 17.7 Å². The molecule has 0 radical (unpaired) electrons. The van der Waals surface area contributed by atoms with Gasteiger partial charge in [-0.15, -0.1) is 0 Å². The number of nitrogens with one attached hydrogen (secondary N) is 1. The van der Waals surface area contributed by atoms with E-state index in [-0.39, 0.29) is 6.04 Å². The highest BCUT2D eigenvalue weighted by atomic mass is 16.5. The highest BCUT2D eigenvalue weighted by molar-refractivity contribution is 6.44. The lowest BCUT2D eigenvalue weighted by Gasteiger charge is -2.22.